The van der Waals surface area contributed by atoms with Gasteiger partial charge in [0.1, 0.15) is 0 Å². The van der Waals surface area contributed by atoms with Crippen LogP contribution >= 0.6 is 0 Å². The zero-order valence-corrected chi connectivity index (χ0v) is 12.4. The van der Waals surface area contributed by atoms with Gasteiger partial charge in [-0.25, -0.2) is 0 Å². The summed E-state index contributed by atoms with van der Waals surface area (Å²) in [5.74, 6) is 2.52. The van der Waals surface area contributed by atoms with E-state index in [-0.39, 0.29) is 0 Å². The van der Waals surface area contributed by atoms with Crippen LogP contribution in [0.25, 0.3) is 0 Å². The van der Waals surface area contributed by atoms with E-state index in [1.54, 1.807) is 0 Å². The summed E-state index contributed by atoms with van der Waals surface area (Å²) in [6, 6.07) is 0. The van der Waals surface area contributed by atoms with Crippen LogP contribution in [0.1, 0.15) is 58.3 Å². The Morgan fingerprint density at radius 2 is 1.79 bits per heavy atom. The van der Waals surface area contributed by atoms with Gasteiger partial charge in [-0.1, -0.05) is 13.3 Å². The SMILES string of the molecule is CCCC1CCN(C(=O)CC2CCC(CN)CC2)C1. The van der Waals surface area contributed by atoms with Gasteiger partial charge in [-0.2, -0.15) is 0 Å². The van der Waals surface area contributed by atoms with Crippen LogP contribution in [0.3, 0.4) is 0 Å². The number of likely N-dealkylation sites (tertiary alicyclic amines) is 1. The van der Waals surface area contributed by atoms with E-state index in [9.17, 15) is 4.79 Å². The molecule has 0 aromatic heterocycles. The van der Waals surface area contributed by atoms with E-state index < -0.39 is 0 Å². The molecule has 1 saturated carbocycles. The lowest BCUT2D eigenvalue weighted by Crippen LogP contribution is -2.31. The van der Waals surface area contributed by atoms with Gasteiger partial charge in [0.15, 0.2) is 0 Å². The molecule has 0 radical (unpaired) electrons. The third-order valence-corrected chi connectivity index (χ3v) is 5.10. The van der Waals surface area contributed by atoms with E-state index >= 15 is 0 Å². The highest BCUT2D eigenvalue weighted by molar-refractivity contribution is 5.76. The summed E-state index contributed by atoms with van der Waals surface area (Å²) in [7, 11) is 0. The molecule has 2 N–H and O–H groups in total. The number of nitrogens with zero attached hydrogens (tertiary/aromatic N) is 1. The summed E-state index contributed by atoms with van der Waals surface area (Å²) in [6.07, 6.45) is 9.41. The minimum Gasteiger partial charge on any atom is -0.342 e. The Hall–Kier alpha value is -0.570. The largest absolute Gasteiger partial charge is 0.342 e. The molecule has 0 spiro atoms. The number of carbonyl (C=O) groups excluding carboxylic acids is 1. The molecular formula is C16H30N2O. The van der Waals surface area contributed by atoms with Crippen molar-refractivity contribution in [3.8, 4) is 0 Å². The van der Waals surface area contributed by atoms with Crippen LogP contribution in [-0.2, 0) is 4.79 Å². The van der Waals surface area contributed by atoms with E-state index in [2.05, 4.69) is 11.8 Å². The first kappa shape index (κ1) is 14.8. The lowest BCUT2D eigenvalue weighted by molar-refractivity contribution is -0.131. The van der Waals surface area contributed by atoms with Crippen molar-refractivity contribution >= 4 is 5.91 Å². The maximum Gasteiger partial charge on any atom is 0.222 e. The summed E-state index contributed by atoms with van der Waals surface area (Å²) in [5, 5.41) is 0. The second-order valence-corrected chi connectivity index (χ2v) is 6.61. The summed E-state index contributed by atoms with van der Waals surface area (Å²) in [6.45, 7) is 5.08. The molecule has 1 saturated heterocycles. The number of carbonyl (C=O) groups is 1. The van der Waals surface area contributed by atoms with Crippen LogP contribution in [-0.4, -0.2) is 30.4 Å². The second kappa shape index (κ2) is 7.28. The van der Waals surface area contributed by atoms with Crippen LogP contribution in [0.4, 0.5) is 0 Å². The fourth-order valence-corrected chi connectivity index (χ4v) is 3.75. The minimum absolute atomic E-state index is 0.412. The lowest BCUT2D eigenvalue weighted by atomic mass is 9.80. The molecule has 3 nitrogen and oxygen atoms in total. The van der Waals surface area contributed by atoms with Gasteiger partial charge in [-0.05, 0) is 62.8 Å². The highest BCUT2D eigenvalue weighted by atomic mass is 16.2. The normalized spacial score (nSPS) is 31.7. The zero-order chi connectivity index (χ0) is 13.7. The van der Waals surface area contributed by atoms with Gasteiger partial charge in [-0.15, -0.1) is 0 Å². The molecule has 3 heteroatoms. The van der Waals surface area contributed by atoms with Gasteiger partial charge in [0.05, 0.1) is 0 Å². The topological polar surface area (TPSA) is 46.3 Å². The molecule has 0 aromatic carbocycles. The number of hydrogen-bond acceptors (Lipinski definition) is 2. The van der Waals surface area contributed by atoms with Gasteiger partial charge in [0.25, 0.3) is 0 Å². The summed E-state index contributed by atoms with van der Waals surface area (Å²) in [4.78, 5) is 14.4. The number of nitrogens with two attached hydrogens (primary N) is 1. The van der Waals surface area contributed by atoms with E-state index in [0.29, 0.717) is 17.7 Å². The van der Waals surface area contributed by atoms with Crippen molar-refractivity contribution in [2.24, 2.45) is 23.5 Å². The average Bonchev–Trinajstić information content (AvgIpc) is 2.89. The molecule has 2 aliphatic rings. The Kier molecular flexibility index (Phi) is 5.68. The maximum absolute atomic E-state index is 12.3. The fourth-order valence-electron chi connectivity index (χ4n) is 3.75. The number of amides is 1. The van der Waals surface area contributed by atoms with Gasteiger partial charge < -0.3 is 10.6 Å². The third-order valence-electron chi connectivity index (χ3n) is 5.10. The molecule has 1 unspecified atom stereocenters. The van der Waals surface area contributed by atoms with Crippen molar-refractivity contribution in [2.75, 3.05) is 19.6 Å². The predicted octanol–water partition coefficient (Wildman–Crippen LogP) is 2.79. The van der Waals surface area contributed by atoms with Gasteiger partial charge >= 0.3 is 0 Å². The van der Waals surface area contributed by atoms with Gasteiger partial charge in [0.2, 0.25) is 5.91 Å². The van der Waals surface area contributed by atoms with Crippen molar-refractivity contribution in [3.05, 3.63) is 0 Å². The van der Waals surface area contributed by atoms with Crippen LogP contribution in [0.2, 0.25) is 0 Å². The van der Waals surface area contributed by atoms with Crippen molar-refractivity contribution in [1.82, 2.24) is 4.90 Å². The Bertz CT molecular complexity index is 284. The minimum atomic E-state index is 0.412. The molecule has 1 aliphatic carbocycles. The van der Waals surface area contributed by atoms with Crippen LogP contribution in [0.5, 0.6) is 0 Å². The first-order valence-electron chi connectivity index (χ1n) is 8.20. The molecule has 2 rings (SSSR count). The first-order valence-corrected chi connectivity index (χ1v) is 8.20. The molecule has 0 aromatic rings. The molecule has 1 aliphatic heterocycles. The van der Waals surface area contributed by atoms with Crippen LogP contribution in [0, 0.1) is 17.8 Å². The molecule has 110 valence electrons. The van der Waals surface area contributed by atoms with E-state index in [1.165, 1.54) is 44.9 Å². The summed E-state index contributed by atoms with van der Waals surface area (Å²) in [5.41, 5.74) is 5.72. The fraction of sp³-hybridized carbons (Fsp3) is 0.938. The van der Waals surface area contributed by atoms with Gasteiger partial charge in [0, 0.05) is 19.5 Å². The van der Waals surface area contributed by atoms with Gasteiger partial charge in [-0.3, -0.25) is 4.79 Å². The van der Waals surface area contributed by atoms with E-state index in [4.69, 9.17) is 5.73 Å². The molecule has 19 heavy (non-hydrogen) atoms. The highest BCUT2D eigenvalue weighted by Crippen LogP contribution is 2.31. The molecule has 1 atom stereocenters. The predicted molar refractivity (Wildman–Crippen MR) is 78.7 cm³/mol. The van der Waals surface area contributed by atoms with Crippen molar-refractivity contribution in [1.29, 1.82) is 0 Å². The number of rotatable bonds is 5. The Morgan fingerprint density at radius 3 is 2.42 bits per heavy atom. The quantitative estimate of drug-likeness (QED) is 0.831. The molecule has 1 amide bonds. The maximum atomic E-state index is 12.3. The molecule has 1 heterocycles. The Morgan fingerprint density at radius 1 is 1.11 bits per heavy atom. The molecular weight excluding hydrogens is 236 g/mol. The van der Waals surface area contributed by atoms with Crippen molar-refractivity contribution in [3.63, 3.8) is 0 Å². The molecule has 2 fully saturated rings. The van der Waals surface area contributed by atoms with Crippen molar-refractivity contribution < 1.29 is 4.79 Å². The average molecular weight is 266 g/mol. The summed E-state index contributed by atoms with van der Waals surface area (Å²) >= 11 is 0. The standard InChI is InChI=1S/C16H30N2O/c1-2-3-15-8-9-18(12-15)16(19)10-13-4-6-14(11-17)7-5-13/h13-15H,2-12,17H2,1H3. The van der Waals surface area contributed by atoms with Crippen LogP contribution < -0.4 is 5.73 Å². The highest BCUT2D eigenvalue weighted by Gasteiger charge is 2.28. The summed E-state index contributed by atoms with van der Waals surface area (Å²) < 4.78 is 0. The smallest absolute Gasteiger partial charge is 0.222 e. The lowest BCUT2D eigenvalue weighted by Gasteiger charge is -2.28. The second-order valence-electron chi connectivity index (χ2n) is 6.61. The van der Waals surface area contributed by atoms with Crippen LogP contribution in [0.15, 0.2) is 0 Å². The van der Waals surface area contributed by atoms with E-state index in [1.807, 2.05) is 0 Å². The number of hydrogen-bond donors (Lipinski definition) is 1. The Balaban J connectivity index is 1.70. The zero-order valence-electron chi connectivity index (χ0n) is 12.4. The monoisotopic (exact) mass is 266 g/mol. The molecule has 0 bridgehead atoms. The van der Waals surface area contributed by atoms with E-state index in [0.717, 1.165) is 32.0 Å². The van der Waals surface area contributed by atoms with Crippen molar-refractivity contribution in [2.45, 2.75) is 58.3 Å². The third kappa shape index (κ3) is 4.20. The first-order chi connectivity index (χ1) is 9.22. The Labute approximate surface area is 117 Å².